The van der Waals surface area contributed by atoms with Gasteiger partial charge in [0.25, 0.3) is 0 Å². The monoisotopic (exact) mass is 515 g/mol. The van der Waals surface area contributed by atoms with E-state index in [0.29, 0.717) is 25.8 Å². The number of rotatable bonds is 12. The van der Waals surface area contributed by atoms with E-state index in [9.17, 15) is 19.2 Å². The van der Waals surface area contributed by atoms with Crippen molar-refractivity contribution in [2.75, 3.05) is 13.1 Å². The van der Waals surface area contributed by atoms with Crippen LogP contribution in [0.4, 0.5) is 0 Å². The number of allylic oxidation sites excluding steroid dienone is 2. The fourth-order valence-corrected chi connectivity index (χ4v) is 5.28. The summed E-state index contributed by atoms with van der Waals surface area (Å²) in [4.78, 5) is 56.0. The summed E-state index contributed by atoms with van der Waals surface area (Å²) in [7, 11) is 0. The first-order chi connectivity index (χ1) is 18.5. The first-order valence-corrected chi connectivity index (χ1v) is 13.6. The van der Waals surface area contributed by atoms with E-state index < -0.39 is 6.04 Å². The van der Waals surface area contributed by atoms with Crippen molar-refractivity contribution in [3.63, 3.8) is 0 Å². The second kappa shape index (κ2) is 13.2. The van der Waals surface area contributed by atoms with E-state index in [4.69, 9.17) is 0 Å². The average Bonchev–Trinajstić information content (AvgIpc) is 3.19. The number of fused-ring (bicyclic) bond motifs is 1. The van der Waals surface area contributed by atoms with Gasteiger partial charge in [-0.25, -0.2) is 0 Å². The van der Waals surface area contributed by atoms with Gasteiger partial charge in [0.15, 0.2) is 0 Å². The Kier molecular flexibility index (Phi) is 9.46. The van der Waals surface area contributed by atoms with Crippen molar-refractivity contribution in [3.05, 3.63) is 83.9 Å². The van der Waals surface area contributed by atoms with Gasteiger partial charge >= 0.3 is 0 Å². The van der Waals surface area contributed by atoms with Crippen LogP contribution in [0.1, 0.15) is 50.2 Å². The van der Waals surface area contributed by atoms with Gasteiger partial charge in [-0.2, -0.15) is 0 Å². The summed E-state index contributed by atoms with van der Waals surface area (Å²) < 4.78 is 0. The van der Waals surface area contributed by atoms with Crippen LogP contribution in [0, 0.1) is 11.8 Å². The molecule has 4 amide bonds. The second-order valence-electron chi connectivity index (χ2n) is 10.1. The summed E-state index contributed by atoms with van der Waals surface area (Å²) in [5.41, 5.74) is 1.86. The molecule has 1 N–H and O–H groups in total. The highest BCUT2D eigenvalue weighted by Crippen LogP contribution is 2.35. The van der Waals surface area contributed by atoms with Crippen LogP contribution < -0.4 is 5.32 Å². The van der Waals surface area contributed by atoms with Gasteiger partial charge in [0, 0.05) is 32.5 Å². The molecule has 7 nitrogen and oxygen atoms in total. The Balaban J connectivity index is 1.55. The van der Waals surface area contributed by atoms with Gasteiger partial charge in [0.2, 0.25) is 23.6 Å². The molecule has 7 heteroatoms. The predicted molar refractivity (Wildman–Crippen MR) is 146 cm³/mol. The SMILES string of the molecule is CCCCNC(=O)[C@H](Cc1ccccc1)N(Cc1ccccc1)C(=O)CCN1C(=O)[C@H]2CC=CC[C@H]2C1=O. The highest BCUT2D eigenvalue weighted by molar-refractivity contribution is 6.05. The molecule has 2 aromatic rings. The summed E-state index contributed by atoms with van der Waals surface area (Å²) >= 11 is 0. The lowest BCUT2D eigenvalue weighted by Gasteiger charge is -2.32. The molecule has 1 fully saturated rings. The highest BCUT2D eigenvalue weighted by atomic mass is 16.2. The van der Waals surface area contributed by atoms with Crippen LogP contribution in [0.2, 0.25) is 0 Å². The van der Waals surface area contributed by atoms with Crippen LogP contribution in [0.15, 0.2) is 72.8 Å². The van der Waals surface area contributed by atoms with Crippen molar-refractivity contribution in [1.29, 1.82) is 0 Å². The van der Waals surface area contributed by atoms with Gasteiger partial charge in [0.05, 0.1) is 11.8 Å². The number of likely N-dealkylation sites (tertiary alicyclic amines) is 1. The van der Waals surface area contributed by atoms with Gasteiger partial charge in [-0.3, -0.25) is 24.1 Å². The number of hydrogen-bond donors (Lipinski definition) is 1. The highest BCUT2D eigenvalue weighted by Gasteiger charge is 2.47. The minimum Gasteiger partial charge on any atom is -0.354 e. The molecule has 2 aromatic carbocycles. The number of hydrogen-bond acceptors (Lipinski definition) is 4. The number of amides is 4. The Bertz CT molecular complexity index is 1120. The maximum atomic E-state index is 13.8. The van der Waals surface area contributed by atoms with Gasteiger partial charge in [-0.15, -0.1) is 0 Å². The third kappa shape index (κ3) is 6.57. The number of imide groups is 1. The third-order valence-corrected chi connectivity index (χ3v) is 7.44. The fourth-order valence-electron chi connectivity index (χ4n) is 5.28. The van der Waals surface area contributed by atoms with E-state index in [2.05, 4.69) is 12.2 Å². The fraction of sp³-hybridized carbons (Fsp3) is 0.419. The second-order valence-corrected chi connectivity index (χ2v) is 10.1. The van der Waals surface area contributed by atoms with E-state index in [1.54, 1.807) is 4.90 Å². The molecule has 4 rings (SSSR count). The molecule has 200 valence electrons. The van der Waals surface area contributed by atoms with Gasteiger partial charge < -0.3 is 10.2 Å². The van der Waals surface area contributed by atoms with Crippen LogP contribution in [0.25, 0.3) is 0 Å². The number of nitrogens with zero attached hydrogens (tertiary/aromatic N) is 2. The molecule has 1 saturated heterocycles. The van der Waals surface area contributed by atoms with E-state index in [0.717, 1.165) is 24.0 Å². The molecule has 2 aliphatic rings. The quantitative estimate of drug-likeness (QED) is 0.264. The molecular formula is C31H37N3O4. The van der Waals surface area contributed by atoms with E-state index in [-0.39, 0.29) is 55.0 Å². The Morgan fingerprint density at radius 1 is 0.921 bits per heavy atom. The van der Waals surface area contributed by atoms with Crippen LogP contribution in [0.5, 0.6) is 0 Å². The van der Waals surface area contributed by atoms with Crippen LogP contribution in [0.3, 0.4) is 0 Å². The Labute approximate surface area is 224 Å². The maximum absolute atomic E-state index is 13.8. The van der Waals surface area contributed by atoms with Crippen LogP contribution >= 0.6 is 0 Å². The van der Waals surface area contributed by atoms with Gasteiger partial charge in [0.1, 0.15) is 6.04 Å². The Morgan fingerprint density at radius 2 is 1.50 bits per heavy atom. The Morgan fingerprint density at radius 3 is 2.08 bits per heavy atom. The topological polar surface area (TPSA) is 86.8 Å². The van der Waals surface area contributed by atoms with Crippen LogP contribution in [-0.4, -0.2) is 52.6 Å². The van der Waals surface area contributed by atoms with E-state index in [1.165, 1.54) is 4.90 Å². The molecule has 0 radical (unpaired) electrons. The molecule has 0 spiro atoms. The number of carbonyl (C=O) groups excluding carboxylic acids is 4. The van der Waals surface area contributed by atoms with Crippen molar-refractivity contribution in [2.45, 2.75) is 58.0 Å². The van der Waals surface area contributed by atoms with Gasteiger partial charge in [-0.1, -0.05) is 86.2 Å². The van der Waals surface area contributed by atoms with Crippen LogP contribution in [-0.2, 0) is 32.1 Å². The lowest BCUT2D eigenvalue weighted by atomic mass is 9.85. The molecular weight excluding hydrogens is 478 g/mol. The normalized spacial score (nSPS) is 19.2. The minimum atomic E-state index is -0.723. The van der Waals surface area contributed by atoms with Gasteiger partial charge in [-0.05, 0) is 30.4 Å². The summed E-state index contributed by atoms with van der Waals surface area (Å²) in [6, 6.07) is 18.5. The zero-order chi connectivity index (χ0) is 26.9. The first-order valence-electron chi connectivity index (χ1n) is 13.6. The predicted octanol–water partition coefficient (Wildman–Crippen LogP) is 3.88. The van der Waals surface area contributed by atoms with Crippen molar-refractivity contribution >= 4 is 23.6 Å². The lowest BCUT2D eigenvalue weighted by Crippen LogP contribution is -2.51. The van der Waals surface area contributed by atoms with Crippen molar-refractivity contribution in [1.82, 2.24) is 15.1 Å². The van der Waals surface area contributed by atoms with Crippen molar-refractivity contribution in [2.24, 2.45) is 11.8 Å². The zero-order valence-corrected chi connectivity index (χ0v) is 22.1. The first kappa shape index (κ1) is 27.3. The molecule has 1 aliphatic heterocycles. The number of nitrogens with one attached hydrogen (secondary N) is 1. The van der Waals surface area contributed by atoms with Crippen molar-refractivity contribution < 1.29 is 19.2 Å². The molecule has 3 atom stereocenters. The molecule has 0 aromatic heterocycles. The zero-order valence-electron chi connectivity index (χ0n) is 22.1. The number of carbonyl (C=O) groups is 4. The lowest BCUT2D eigenvalue weighted by molar-refractivity contribution is -0.144. The molecule has 0 bridgehead atoms. The molecule has 0 unspecified atom stereocenters. The molecule has 0 saturated carbocycles. The number of unbranched alkanes of at least 4 members (excludes halogenated alkanes) is 1. The summed E-state index contributed by atoms with van der Waals surface area (Å²) in [5.74, 6) is -1.47. The molecule has 38 heavy (non-hydrogen) atoms. The largest absolute Gasteiger partial charge is 0.354 e. The summed E-state index contributed by atoms with van der Waals surface area (Å²) in [5, 5.41) is 3.01. The summed E-state index contributed by atoms with van der Waals surface area (Å²) in [6.45, 7) is 2.90. The molecule has 1 aliphatic carbocycles. The van der Waals surface area contributed by atoms with E-state index >= 15 is 0 Å². The number of benzene rings is 2. The average molecular weight is 516 g/mol. The third-order valence-electron chi connectivity index (χ3n) is 7.44. The van der Waals surface area contributed by atoms with E-state index in [1.807, 2.05) is 72.8 Å². The smallest absolute Gasteiger partial charge is 0.243 e. The van der Waals surface area contributed by atoms with Crippen molar-refractivity contribution in [3.8, 4) is 0 Å². The summed E-state index contributed by atoms with van der Waals surface area (Å²) in [6.07, 6.45) is 7.19. The minimum absolute atomic E-state index is 0.0231. The maximum Gasteiger partial charge on any atom is 0.243 e. The molecule has 1 heterocycles. The Hall–Kier alpha value is -3.74. The standard InChI is InChI=1S/C31H37N3O4/c1-2-3-19-32-29(36)27(21-23-12-6-4-7-13-23)34(22-24-14-8-5-9-15-24)28(35)18-20-33-30(37)25-16-10-11-17-26(25)31(33)38/h4-15,25-27H,2-3,16-22H2,1H3,(H,32,36)/t25-,26+,27-/m0/s1.